The summed E-state index contributed by atoms with van der Waals surface area (Å²) in [7, 11) is -5.87. The molecule has 3 aromatic rings. The van der Waals surface area contributed by atoms with E-state index in [0.717, 1.165) is 25.7 Å². The molecule has 0 spiro atoms. The molecule has 7 atom stereocenters. The van der Waals surface area contributed by atoms with Crippen molar-refractivity contribution in [2.75, 3.05) is 19.7 Å². The molecule has 6 aliphatic rings. The summed E-state index contributed by atoms with van der Waals surface area (Å²) in [5.41, 5.74) is -3.49. The SMILES string of the molecule is CCC(C)(C)C(=O)OC(C)C(F)(F)S(=O)(=O)[O-].CCC(C)(C)C(=O)OC1(C(C)C)CCCC1.CCC(C)(C)C(=O)OC1C2CC3C(=O)OC1C3O2.CCC(C)(C)C(=O)OC1CCN(C(=O)OC(C)(C)C)CC1.CCC(C)(C)C(=O)OC1CCOC1=O.c1ccc([S+](c2ccccc2)c2ccccc2)cc1. The van der Waals surface area contributed by atoms with E-state index in [1.54, 1.807) is 25.7 Å². The lowest BCUT2D eigenvalue weighted by atomic mass is 9.86. The highest BCUT2D eigenvalue weighted by Gasteiger charge is 2.65. The number of amides is 1. The van der Waals surface area contributed by atoms with Gasteiger partial charge in [-0.15, -0.1) is 0 Å². The Balaban J connectivity index is 0.000000268. The zero-order valence-corrected chi connectivity index (χ0v) is 67.5. The van der Waals surface area contributed by atoms with Crippen LogP contribution >= 0.6 is 0 Å². The molecule has 7 unspecified atom stereocenters. The van der Waals surface area contributed by atoms with Crippen LogP contribution < -0.4 is 0 Å². The van der Waals surface area contributed by atoms with Gasteiger partial charge in [0.1, 0.15) is 23.4 Å². The number of fused-ring (bicyclic) bond motifs is 1. The number of benzene rings is 3. The number of carbonyl (C=O) groups is 8. The van der Waals surface area contributed by atoms with Crippen LogP contribution in [0, 0.1) is 38.9 Å². The lowest BCUT2D eigenvalue weighted by molar-refractivity contribution is -0.175. The van der Waals surface area contributed by atoms with Crippen LogP contribution in [0.3, 0.4) is 0 Å². The maximum Gasteiger partial charge on any atom is 0.410 e. The Labute approximate surface area is 625 Å². The number of ether oxygens (including phenoxy) is 9. The lowest BCUT2D eigenvalue weighted by Crippen LogP contribution is -2.44. The van der Waals surface area contributed by atoms with Crippen LogP contribution in [-0.2, 0) is 97.2 Å². The second-order valence-electron chi connectivity index (χ2n) is 32.0. The normalized spacial score (nSPS) is 21.0. The third kappa shape index (κ3) is 25.5. The van der Waals surface area contributed by atoms with Gasteiger partial charge in [-0.2, -0.15) is 8.78 Å². The van der Waals surface area contributed by atoms with E-state index in [0.29, 0.717) is 77.5 Å². The number of hydrogen-bond donors (Lipinski definition) is 0. The summed E-state index contributed by atoms with van der Waals surface area (Å²) in [5, 5.41) is -4.63. The Hall–Kier alpha value is -6.70. The number of likely N-dealkylation sites (tertiary alicyclic amines) is 1. The standard InChI is InChI=1S/C18H15S.C16H29NO4.C14H26O2.C13H18O5.C10H16O4.C9H16F2O5S/c1-4-10-16(11-5-1)19(17-12-6-2-7-13-17)18-14-8-3-9-15-18;1-7-16(5,6)13(18)20-12-8-10-17(11-9-12)14(19)21-15(2,3)4;1-6-13(4,5)12(15)16-14(11(2)3)9-7-8-10-14;1-4-13(2,3)12(15)18-9-7-5-6-8(16-7)10(9)17-11(6)14;1-4-10(2,3)9(12)14-7-5-6-13-8(7)11;1-5-8(3,4)7(12)16-6(2)9(10,11)17(13,14)15/h1-15H;12H,7-11H2,1-6H3;11H,6-10H2,1-5H3;6-10H,4-5H2,1-3H3;7H,4-6H2,1-3H3;6H,5H2,1-4H3,(H,13,14,15)/q+1;;;;;/p-1. The minimum atomic E-state index is -5.86. The van der Waals surface area contributed by atoms with Crippen molar-refractivity contribution in [3.8, 4) is 0 Å². The van der Waals surface area contributed by atoms with Crippen molar-refractivity contribution in [2.24, 2.45) is 38.9 Å². The van der Waals surface area contributed by atoms with E-state index < -0.39 is 79.0 Å². The molecule has 1 saturated carbocycles. The Morgan fingerprint density at radius 3 is 1.38 bits per heavy atom. The van der Waals surface area contributed by atoms with Crippen LogP contribution in [-0.4, -0.2) is 145 Å². The summed E-state index contributed by atoms with van der Waals surface area (Å²) >= 11 is 0. The predicted molar refractivity (Wildman–Crippen MR) is 393 cm³/mol. The van der Waals surface area contributed by atoms with Gasteiger partial charge < -0.3 is 52.1 Å². The van der Waals surface area contributed by atoms with Gasteiger partial charge in [-0.1, -0.05) is 103 Å². The van der Waals surface area contributed by atoms with Crippen molar-refractivity contribution >= 4 is 68.9 Å². The van der Waals surface area contributed by atoms with Gasteiger partial charge in [0.05, 0.1) is 56.6 Å². The lowest BCUT2D eigenvalue weighted by Gasteiger charge is -2.36. The van der Waals surface area contributed by atoms with E-state index in [4.69, 9.17) is 37.9 Å². The Morgan fingerprint density at radius 1 is 0.581 bits per heavy atom. The second kappa shape index (κ2) is 38.4. The molecule has 21 nitrogen and oxygen atoms in total. The molecule has 1 amide bonds. The molecule has 0 aromatic heterocycles. The predicted octanol–water partition coefficient (Wildman–Crippen LogP) is 15.9. The highest BCUT2D eigenvalue weighted by atomic mass is 32.2. The molecule has 25 heteroatoms. The molecule has 590 valence electrons. The number of rotatable bonds is 21. The molecular formula is C80H119F2NO20S2. The van der Waals surface area contributed by atoms with Gasteiger partial charge in [-0.3, -0.25) is 28.8 Å². The molecule has 3 aromatic carbocycles. The number of cyclic esters (lactones) is 1. The quantitative estimate of drug-likeness (QED) is 0.0414. The smallest absolute Gasteiger partial charge is 0.410 e. The van der Waals surface area contributed by atoms with Crippen molar-refractivity contribution in [2.45, 2.75) is 303 Å². The number of piperidine rings is 1. The molecule has 5 aliphatic heterocycles. The van der Waals surface area contributed by atoms with Crippen molar-refractivity contribution < 1.29 is 103 Å². The summed E-state index contributed by atoms with van der Waals surface area (Å²) < 4.78 is 104. The Kier molecular flexibility index (Phi) is 33.2. The van der Waals surface area contributed by atoms with Crippen LogP contribution in [0.25, 0.3) is 0 Å². The molecule has 5 saturated heterocycles. The highest BCUT2D eigenvalue weighted by Crippen LogP contribution is 2.48. The molecule has 1 aliphatic carbocycles. The first-order valence-corrected chi connectivity index (χ1v) is 39.6. The monoisotopic (exact) mass is 1520 g/mol. The number of nitrogens with zero attached hydrogens (tertiary/aromatic N) is 1. The largest absolute Gasteiger partial charge is 0.743 e. The minimum absolute atomic E-state index is 0.0146. The van der Waals surface area contributed by atoms with E-state index in [1.807, 2.05) is 90.0 Å². The molecule has 6 fully saturated rings. The highest BCUT2D eigenvalue weighted by molar-refractivity contribution is 7.97. The van der Waals surface area contributed by atoms with Gasteiger partial charge in [-0.05, 0) is 203 Å². The van der Waals surface area contributed by atoms with Gasteiger partial charge in [-0.25, -0.2) is 18.0 Å². The van der Waals surface area contributed by atoms with E-state index >= 15 is 0 Å². The topological polar surface area (TPSA) is 280 Å². The van der Waals surface area contributed by atoms with Crippen LogP contribution in [0.1, 0.15) is 229 Å². The number of carbonyl (C=O) groups excluding carboxylic acids is 8. The van der Waals surface area contributed by atoms with E-state index in [-0.39, 0.29) is 82.1 Å². The number of hydrogen-bond acceptors (Lipinski definition) is 20. The zero-order chi connectivity index (χ0) is 79.5. The summed E-state index contributed by atoms with van der Waals surface area (Å²) in [6.45, 7) is 39.5. The fourth-order valence-electron chi connectivity index (χ4n) is 10.8. The Morgan fingerprint density at radius 2 is 0.990 bits per heavy atom. The van der Waals surface area contributed by atoms with E-state index in [2.05, 4.69) is 110 Å². The number of esters is 7. The first kappa shape index (κ1) is 90.7. The molecule has 105 heavy (non-hydrogen) atoms. The average Bonchev–Trinajstić information content (AvgIpc) is 1.57. The minimum Gasteiger partial charge on any atom is -0.743 e. The van der Waals surface area contributed by atoms with Gasteiger partial charge >= 0.3 is 53.1 Å². The number of halogens is 2. The third-order valence-electron chi connectivity index (χ3n) is 20.5. The molecule has 9 rings (SSSR count). The van der Waals surface area contributed by atoms with Crippen molar-refractivity contribution in [1.29, 1.82) is 0 Å². The summed E-state index contributed by atoms with van der Waals surface area (Å²) in [6.07, 6.45) is 5.63. The van der Waals surface area contributed by atoms with Gasteiger partial charge in [0.2, 0.25) is 6.10 Å². The maximum atomic E-state index is 13.0. The number of alkyl halides is 2. The van der Waals surface area contributed by atoms with Crippen molar-refractivity contribution in [3.05, 3.63) is 91.0 Å². The average molecular weight is 1520 g/mol. The molecular weight excluding hydrogens is 1400 g/mol. The van der Waals surface area contributed by atoms with Crippen molar-refractivity contribution in [1.82, 2.24) is 4.90 Å². The molecule has 0 N–H and O–H groups in total. The van der Waals surface area contributed by atoms with Gasteiger partial charge in [0, 0.05) is 32.4 Å². The van der Waals surface area contributed by atoms with Gasteiger partial charge in [0.15, 0.2) is 43.1 Å². The third-order valence-corrected chi connectivity index (χ3v) is 23.8. The summed E-state index contributed by atoms with van der Waals surface area (Å²) in [5.74, 6) is -2.08. The van der Waals surface area contributed by atoms with Crippen LogP contribution in [0.2, 0.25) is 0 Å². The maximum absolute atomic E-state index is 13.0. The van der Waals surface area contributed by atoms with E-state index in [9.17, 15) is 60.1 Å². The van der Waals surface area contributed by atoms with Crippen LogP contribution in [0.15, 0.2) is 106 Å². The molecule has 5 heterocycles. The fourth-order valence-corrected chi connectivity index (χ4v) is 13.4. The van der Waals surface area contributed by atoms with E-state index in [1.165, 1.54) is 41.4 Å². The van der Waals surface area contributed by atoms with Crippen LogP contribution in [0.5, 0.6) is 0 Å². The summed E-state index contributed by atoms with van der Waals surface area (Å²) in [4.78, 5) is 99.5. The Bertz CT molecular complexity index is 3340. The first-order chi connectivity index (χ1) is 48.6. The first-order valence-electron chi connectivity index (χ1n) is 36.9. The summed E-state index contributed by atoms with van der Waals surface area (Å²) in [6, 6.07) is 32.2. The zero-order valence-electron chi connectivity index (χ0n) is 65.9. The fraction of sp³-hybridized carbons (Fsp3) is 0.675. The molecule has 0 radical (unpaired) electrons. The molecule has 2 bridgehead atoms. The van der Waals surface area contributed by atoms with Gasteiger partial charge in [0.25, 0.3) is 0 Å². The van der Waals surface area contributed by atoms with Crippen LogP contribution in [0.4, 0.5) is 13.6 Å². The second-order valence-corrected chi connectivity index (χ2v) is 35.5. The van der Waals surface area contributed by atoms with Crippen molar-refractivity contribution in [3.63, 3.8) is 0 Å².